The summed E-state index contributed by atoms with van der Waals surface area (Å²) in [5.41, 5.74) is 1.01. The molecule has 2 heterocycles. The van der Waals surface area contributed by atoms with Crippen LogP contribution in [0.4, 0.5) is 5.13 Å². The van der Waals surface area contributed by atoms with Crippen LogP contribution in [0.3, 0.4) is 0 Å². The van der Waals surface area contributed by atoms with Gasteiger partial charge in [0.15, 0.2) is 5.13 Å². The van der Waals surface area contributed by atoms with Gasteiger partial charge >= 0.3 is 0 Å². The molecule has 0 radical (unpaired) electrons. The van der Waals surface area contributed by atoms with Crippen molar-refractivity contribution in [3.05, 3.63) is 11.1 Å². The molecule has 19 heavy (non-hydrogen) atoms. The normalized spacial score (nSPS) is 16.5. The second-order valence-electron chi connectivity index (χ2n) is 4.43. The molecule has 1 saturated heterocycles. The molecule has 0 aromatic carbocycles. The van der Waals surface area contributed by atoms with Crippen LogP contribution < -0.4 is 10.6 Å². The molecule has 1 amide bonds. The van der Waals surface area contributed by atoms with Crippen molar-refractivity contribution in [3.63, 3.8) is 0 Å². The van der Waals surface area contributed by atoms with E-state index in [-0.39, 0.29) is 5.91 Å². The quantitative estimate of drug-likeness (QED) is 0.797. The molecule has 0 unspecified atom stereocenters. The van der Waals surface area contributed by atoms with Crippen LogP contribution in [0.1, 0.15) is 12.1 Å². The van der Waals surface area contributed by atoms with Crippen LogP contribution >= 0.6 is 11.3 Å². The van der Waals surface area contributed by atoms with Gasteiger partial charge in [-0.15, -0.1) is 11.3 Å². The number of anilines is 1. The van der Waals surface area contributed by atoms with Crippen LogP contribution in [0.2, 0.25) is 0 Å². The maximum absolute atomic E-state index is 11.6. The molecule has 0 atom stereocenters. The number of hydrogen-bond donors (Lipinski definition) is 2. The van der Waals surface area contributed by atoms with Crippen LogP contribution in [0.15, 0.2) is 5.38 Å². The molecule has 0 saturated carbocycles. The van der Waals surface area contributed by atoms with E-state index in [2.05, 4.69) is 20.5 Å². The van der Waals surface area contributed by atoms with Gasteiger partial charge in [0.25, 0.3) is 0 Å². The Morgan fingerprint density at radius 2 is 2.32 bits per heavy atom. The second-order valence-corrected chi connectivity index (χ2v) is 5.29. The fraction of sp³-hybridized carbons (Fsp3) is 0.667. The first-order valence-electron chi connectivity index (χ1n) is 6.47. The summed E-state index contributed by atoms with van der Waals surface area (Å²) in [6.45, 7) is 4.97. The molecule has 0 aliphatic carbocycles. The van der Waals surface area contributed by atoms with Gasteiger partial charge in [-0.25, -0.2) is 4.98 Å². The summed E-state index contributed by atoms with van der Waals surface area (Å²) >= 11 is 1.48. The highest BCUT2D eigenvalue weighted by atomic mass is 32.1. The Balaban J connectivity index is 1.79. The summed E-state index contributed by atoms with van der Waals surface area (Å²) in [5.74, 6) is 0.00150. The van der Waals surface area contributed by atoms with Gasteiger partial charge < -0.3 is 15.4 Å². The summed E-state index contributed by atoms with van der Waals surface area (Å²) in [5, 5.41) is 8.45. The van der Waals surface area contributed by atoms with Gasteiger partial charge in [0.1, 0.15) is 0 Å². The third kappa shape index (κ3) is 4.87. The molecular formula is C12H20N4O2S. The van der Waals surface area contributed by atoms with E-state index in [1.165, 1.54) is 11.3 Å². The largest absolute Gasteiger partial charge is 0.379 e. The highest BCUT2D eigenvalue weighted by Crippen LogP contribution is 2.17. The Kier molecular flexibility index (Phi) is 5.71. The van der Waals surface area contributed by atoms with Gasteiger partial charge in [-0.2, -0.15) is 0 Å². The molecule has 1 aliphatic heterocycles. The van der Waals surface area contributed by atoms with Crippen molar-refractivity contribution in [1.29, 1.82) is 0 Å². The smallest absolute Gasteiger partial charge is 0.227 e. The lowest BCUT2D eigenvalue weighted by molar-refractivity contribution is -0.116. The van der Waals surface area contributed by atoms with Crippen molar-refractivity contribution in [2.45, 2.75) is 13.0 Å². The zero-order chi connectivity index (χ0) is 13.5. The number of amides is 1. The zero-order valence-corrected chi connectivity index (χ0v) is 12.0. The van der Waals surface area contributed by atoms with E-state index >= 15 is 0 Å². The Morgan fingerprint density at radius 1 is 1.53 bits per heavy atom. The van der Waals surface area contributed by atoms with Crippen LogP contribution in [0.25, 0.3) is 0 Å². The number of ether oxygens (including phenoxy) is 1. The second kappa shape index (κ2) is 7.54. The van der Waals surface area contributed by atoms with Crippen molar-refractivity contribution in [3.8, 4) is 0 Å². The number of rotatable bonds is 6. The minimum atomic E-state index is 0.00150. The van der Waals surface area contributed by atoms with Crippen LogP contribution in [0, 0.1) is 0 Å². The Morgan fingerprint density at radius 3 is 3.05 bits per heavy atom. The van der Waals surface area contributed by atoms with E-state index in [1.807, 2.05) is 12.4 Å². The number of carbonyl (C=O) groups is 1. The van der Waals surface area contributed by atoms with E-state index in [0.29, 0.717) is 18.1 Å². The van der Waals surface area contributed by atoms with E-state index in [9.17, 15) is 4.79 Å². The molecule has 2 N–H and O–H groups in total. The van der Waals surface area contributed by atoms with E-state index in [1.54, 1.807) is 0 Å². The third-order valence-electron chi connectivity index (χ3n) is 2.89. The van der Waals surface area contributed by atoms with Crippen LogP contribution in [-0.4, -0.2) is 55.7 Å². The monoisotopic (exact) mass is 284 g/mol. The summed E-state index contributed by atoms with van der Waals surface area (Å²) in [4.78, 5) is 18.3. The van der Waals surface area contributed by atoms with Gasteiger partial charge in [0, 0.05) is 38.0 Å². The fourth-order valence-corrected chi connectivity index (χ4v) is 2.56. The molecule has 1 fully saturated rings. The summed E-state index contributed by atoms with van der Waals surface area (Å²) < 4.78 is 5.31. The zero-order valence-electron chi connectivity index (χ0n) is 11.1. The number of nitrogens with one attached hydrogen (secondary N) is 2. The third-order valence-corrected chi connectivity index (χ3v) is 3.70. The fourth-order valence-electron chi connectivity index (χ4n) is 1.85. The molecular weight excluding hydrogens is 264 g/mol. The summed E-state index contributed by atoms with van der Waals surface area (Å²) in [7, 11) is 1.83. The number of hydrogen-bond acceptors (Lipinski definition) is 6. The first-order chi connectivity index (χ1) is 9.28. The van der Waals surface area contributed by atoms with Gasteiger partial charge in [-0.1, -0.05) is 0 Å². The highest BCUT2D eigenvalue weighted by molar-refractivity contribution is 7.13. The Bertz CT molecular complexity index is 404. The van der Waals surface area contributed by atoms with E-state index in [4.69, 9.17) is 4.74 Å². The average Bonchev–Trinajstić information content (AvgIpc) is 2.85. The van der Waals surface area contributed by atoms with E-state index < -0.39 is 0 Å². The SMILES string of the molecule is CNCCC(=O)Nc1nc(CN2CCOCC2)cs1. The predicted molar refractivity (Wildman–Crippen MR) is 75.4 cm³/mol. The number of morpholine rings is 1. The Labute approximate surface area is 117 Å². The van der Waals surface area contributed by atoms with Crippen molar-refractivity contribution < 1.29 is 9.53 Å². The van der Waals surface area contributed by atoms with Gasteiger partial charge in [0.05, 0.1) is 18.9 Å². The number of nitrogens with zero attached hydrogens (tertiary/aromatic N) is 2. The average molecular weight is 284 g/mol. The molecule has 0 spiro atoms. The molecule has 1 aliphatic rings. The van der Waals surface area contributed by atoms with Crippen LogP contribution in [-0.2, 0) is 16.1 Å². The van der Waals surface area contributed by atoms with Crippen LogP contribution in [0.5, 0.6) is 0 Å². The number of thiazole rings is 1. The maximum Gasteiger partial charge on any atom is 0.227 e. The first kappa shape index (κ1) is 14.4. The predicted octanol–water partition coefficient (Wildman–Crippen LogP) is 0.523. The minimum Gasteiger partial charge on any atom is -0.379 e. The topological polar surface area (TPSA) is 66.5 Å². The molecule has 106 valence electrons. The molecule has 1 aromatic heterocycles. The molecule has 6 nitrogen and oxygen atoms in total. The lowest BCUT2D eigenvalue weighted by atomic mass is 10.3. The molecule has 2 rings (SSSR count). The van der Waals surface area contributed by atoms with Gasteiger partial charge in [-0.3, -0.25) is 9.69 Å². The molecule has 1 aromatic rings. The lowest BCUT2D eigenvalue weighted by Crippen LogP contribution is -2.35. The first-order valence-corrected chi connectivity index (χ1v) is 7.35. The minimum absolute atomic E-state index is 0.00150. The van der Waals surface area contributed by atoms with Gasteiger partial charge in [-0.05, 0) is 7.05 Å². The van der Waals surface area contributed by atoms with Crippen molar-refractivity contribution in [2.24, 2.45) is 0 Å². The standard InChI is InChI=1S/C12H20N4O2S/c1-13-3-2-11(17)15-12-14-10(9-19-12)8-16-4-6-18-7-5-16/h9,13H,2-8H2,1H3,(H,14,15,17). The molecule has 7 heteroatoms. The maximum atomic E-state index is 11.6. The van der Waals surface area contributed by atoms with Crippen molar-refractivity contribution in [1.82, 2.24) is 15.2 Å². The Hall–Kier alpha value is -1.02. The molecule has 0 bridgehead atoms. The summed E-state index contributed by atoms with van der Waals surface area (Å²) in [6.07, 6.45) is 0.467. The van der Waals surface area contributed by atoms with Crippen molar-refractivity contribution >= 4 is 22.4 Å². The van der Waals surface area contributed by atoms with Gasteiger partial charge in [0.2, 0.25) is 5.91 Å². The lowest BCUT2D eigenvalue weighted by Gasteiger charge is -2.25. The summed E-state index contributed by atoms with van der Waals surface area (Å²) in [6, 6.07) is 0. The van der Waals surface area contributed by atoms with Crippen molar-refractivity contribution in [2.75, 3.05) is 45.2 Å². The number of carbonyl (C=O) groups excluding carboxylic acids is 1. The van der Waals surface area contributed by atoms with E-state index in [0.717, 1.165) is 38.5 Å². The highest BCUT2D eigenvalue weighted by Gasteiger charge is 2.13. The number of aromatic nitrogens is 1.